The standard InChI is InChI=1S/C22H18Cl3N3O4/c1-10(19(29)27-21(31)28(2)3)11-8-12(23)18(13(24)9-11)32-15-5-4-14-16(17(15)25)22(6-7-22)20(30)26-14/h4-5,8-9H,1,6-7H2,2-3H3,(H,26,30)(H,27,29,31). The summed E-state index contributed by atoms with van der Waals surface area (Å²) < 4.78 is 5.92. The molecule has 0 saturated heterocycles. The molecule has 0 aromatic heterocycles. The van der Waals surface area contributed by atoms with Crippen molar-refractivity contribution in [2.24, 2.45) is 0 Å². The van der Waals surface area contributed by atoms with Crippen LogP contribution in [0.5, 0.6) is 11.5 Å². The summed E-state index contributed by atoms with van der Waals surface area (Å²) in [6, 6.07) is 5.69. The monoisotopic (exact) mass is 493 g/mol. The van der Waals surface area contributed by atoms with Crippen LogP contribution in [0.25, 0.3) is 5.57 Å². The zero-order valence-electron chi connectivity index (χ0n) is 17.1. The molecule has 1 aliphatic heterocycles. The number of hydrogen-bond donors (Lipinski definition) is 2. The van der Waals surface area contributed by atoms with E-state index in [4.69, 9.17) is 39.5 Å². The molecule has 1 saturated carbocycles. The minimum Gasteiger partial charge on any atom is -0.453 e. The number of fused-ring (bicyclic) bond motifs is 2. The van der Waals surface area contributed by atoms with Crippen molar-refractivity contribution in [3.8, 4) is 11.5 Å². The molecule has 1 heterocycles. The summed E-state index contributed by atoms with van der Waals surface area (Å²) in [5, 5.41) is 5.61. The normalized spacial score (nSPS) is 15.1. The van der Waals surface area contributed by atoms with Crippen molar-refractivity contribution >= 4 is 63.9 Å². The number of halogens is 3. The average molecular weight is 495 g/mol. The van der Waals surface area contributed by atoms with Gasteiger partial charge >= 0.3 is 6.03 Å². The Balaban J connectivity index is 1.60. The summed E-state index contributed by atoms with van der Waals surface area (Å²) in [7, 11) is 3.01. The van der Waals surface area contributed by atoms with E-state index >= 15 is 0 Å². The Morgan fingerprint density at radius 1 is 1.16 bits per heavy atom. The molecule has 10 heteroatoms. The van der Waals surface area contributed by atoms with Gasteiger partial charge in [0.05, 0.1) is 20.5 Å². The molecule has 1 spiro atoms. The van der Waals surface area contributed by atoms with Crippen LogP contribution < -0.4 is 15.4 Å². The van der Waals surface area contributed by atoms with Crippen LogP contribution in [-0.2, 0) is 15.0 Å². The van der Waals surface area contributed by atoms with E-state index in [1.54, 1.807) is 12.1 Å². The van der Waals surface area contributed by atoms with Gasteiger partial charge in [0.25, 0.3) is 5.91 Å². The van der Waals surface area contributed by atoms with Crippen molar-refractivity contribution in [3.05, 3.63) is 57.0 Å². The molecule has 0 atom stereocenters. The van der Waals surface area contributed by atoms with Gasteiger partial charge < -0.3 is 15.0 Å². The smallest absolute Gasteiger partial charge is 0.323 e. The minimum atomic E-state index is -0.682. The van der Waals surface area contributed by atoms with Crippen LogP contribution in [0.1, 0.15) is 24.0 Å². The van der Waals surface area contributed by atoms with E-state index in [1.807, 2.05) is 0 Å². The number of nitrogens with one attached hydrogen (secondary N) is 2. The first-order valence-electron chi connectivity index (χ1n) is 9.58. The first-order chi connectivity index (χ1) is 15.0. The van der Waals surface area contributed by atoms with Crippen LogP contribution in [-0.4, -0.2) is 36.8 Å². The van der Waals surface area contributed by atoms with Crippen LogP contribution >= 0.6 is 34.8 Å². The predicted octanol–water partition coefficient (Wildman–Crippen LogP) is 5.23. The molecule has 166 valence electrons. The molecule has 1 fully saturated rings. The number of anilines is 1. The number of nitrogens with zero attached hydrogens (tertiary/aromatic N) is 1. The van der Waals surface area contributed by atoms with Gasteiger partial charge in [0.1, 0.15) is 5.75 Å². The Kier molecular flexibility index (Phi) is 5.61. The highest BCUT2D eigenvalue weighted by Crippen LogP contribution is 2.59. The fourth-order valence-electron chi connectivity index (χ4n) is 3.52. The lowest BCUT2D eigenvalue weighted by molar-refractivity contribution is -0.118. The molecule has 1 aliphatic carbocycles. The quantitative estimate of drug-likeness (QED) is 0.570. The molecule has 0 radical (unpaired) electrons. The number of amides is 4. The molecule has 0 unspecified atom stereocenters. The predicted molar refractivity (Wildman–Crippen MR) is 124 cm³/mol. The third kappa shape index (κ3) is 3.70. The highest BCUT2D eigenvalue weighted by Gasteiger charge is 2.57. The van der Waals surface area contributed by atoms with Crippen LogP contribution in [0.15, 0.2) is 30.8 Å². The van der Waals surface area contributed by atoms with Gasteiger partial charge in [-0.2, -0.15) is 0 Å². The van der Waals surface area contributed by atoms with Gasteiger partial charge in [-0.1, -0.05) is 41.4 Å². The maximum absolute atomic E-state index is 12.3. The number of imide groups is 1. The number of urea groups is 1. The molecular weight excluding hydrogens is 477 g/mol. The van der Waals surface area contributed by atoms with Crippen LogP contribution in [0, 0.1) is 0 Å². The SMILES string of the molecule is C=C(C(=O)NC(=O)N(C)C)c1cc(Cl)c(Oc2ccc3c(c2Cl)C2(CC2)C(=O)N3)c(Cl)c1. The Hall–Kier alpha value is -2.74. The Bertz CT molecular complexity index is 1180. The Morgan fingerprint density at radius 3 is 2.34 bits per heavy atom. The molecule has 2 aromatic rings. The van der Waals surface area contributed by atoms with E-state index in [0.717, 1.165) is 18.4 Å². The summed E-state index contributed by atoms with van der Waals surface area (Å²) in [5.41, 5.74) is 1.14. The summed E-state index contributed by atoms with van der Waals surface area (Å²) in [6.45, 7) is 3.72. The summed E-state index contributed by atoms with van der Waals surface area (Å²) in [4.78, 5) is 37.5. The van der Waals surface area contributed by atoms with E-state index < -0.39 is 17.4 Å². The van der Waals surface area contributed by atoms with E-state index in [0.29, 0.717) is 22.0 Å². The second-order valence-electron chi connectivity index (χ2n) is 7.84. The molecular formula is C22H18Cl3N3O4. The van der Waals surface area contributed by atoms with E-state index in [1.165, 1.54) is 31.1 Å². The van der Waals surface area contributed by atoms with Gasteiger partial charge in [-0.3, -0.25) is 14.9 Å². The number of benzene rings is 2. The summed E-state index contributed by atoms with van der Waals surface area (Å²) in [6.07, 6.45) is 1.46. The second-order valence-corrected chi connectivity index (χ2v) is 9.03. The number of carbonyl (C=O) groups excluding carboxylic acids is 3. The van der Waals surface area contributed by atoms with Gasteiger partial charge in [-0.15, -0.1) is 0 Å². The third-order valence-electron chi connectivity index (χ3n) is 5.48. The van der Waals surface area contributed by atoms with Gasteiger partial charge in [-0.25, -0.2) is 4.79 Å². The largest absolute Gasteiger partial charge is 0.453 e. The Morgan fingerprint density at radius 2 is 1.78 bits per heavy atom. The zero-order valence-corrected chi connectivity index (χ0v) is 19.4. The molecule has 4 rings (SSSR count). The van der Waals surface area contributed by atoms with Gasteiger partial charge in [-0.05, 0) is 42.7 Å². The average Bonchev–Trinajstić information content (AvgIpc) is 3.47. The van der Waals surface area contributed by atoms with E-state index in [2.05, 4.69) is 17.2 Å². The van der Waals surface area contributed by atoms with Crippen LogP contribution in [0.4, 0.5) is 10.5 Å². The molecule has 2 aliphatic rings. The number of ether oxygens (including phenoxy) is 1. The molecule has 4 amide bonds. The molecule has 7 nitrogen and oxygen atoms in total. The van der Waals surface area contributed by atoms with E-state index in [-0.39, 0.29) is 27.3 Å². The fraction of sp³-hybridized carbons (Fsp3) is 0.227. The van der Waals surface area contributed by atoms with Gasteiger partial charge in [0, 0.05) is 30.9 Å². The number of carbonyl (C=O) groups is 3. The molecule has 32 heavy (non-hydrogen) atoms. The van der Waals surface area contributed by atoms with Crippen molar-refractivity contribution in [1.29, 1.82) is 0 Å². The lowest BCUT2D eigenvalue weighted by atomic mass is 9.97. The third-order valence-corrected chi connectivity index (χ3v) is 6.41. The summed E-state index contributed by atoms with van der Waals surface area (Å²) >= 11 is 19.4. The van der Waals surface area contributed by atoms with Crippen molar-refractivity contribution < 1.29 is 19.1 Å². The van der Waals surface area contributed by atoms with Crippen molar-refractivity contribution in [3.63, 3.8) is 0 Å². The van der Waals surface area contributed by atoms with Crippen molar-refractivity contribution in [1.82, 2.24) is 10.2 Å². The maximum Gasteiger partial charge on any atom is 0.323 e. The van der Waals surface area contributed by atoms with Crippen molar-refractivity contribution in [2.75, 3.05) is 19.4 Å². The van der Waals surface area contributed by atoms with Crippen LogP contribution in [0.3, 0.4) is 0 Å². The Labute approximate surface area is 199 Å². The summed E-state index contributed by atoms with van der Waals surface area (Å²) in [5.74, 6) is -0.300. The van der Waals surface area contributed by atoms with Gasteiger partial charge in [0.2, 0.25) is 5.91 Å². The van der Waals surface area contributed by atoms with Crippen LogP contribution in [0.2, 0.25) is 15.1 Å². The lowest BCUT2D eigenvalue weighted by Gasteiger charge is -2.16. The molecule has 0 bridgehead atoms. The van der Waals surface area contributed by atoms with Gasteiger partial charge in [0.15, 0.2) is 5.75 Å². The first-order valence-corrected chi connectivity index (χ1v) is 10.7. The zero-order chi connectivity index (χ0) is 23.4. The number of hydrogen-bond acceptors (Lipinski definition) is 4. The minimum absolute atomic E-state index is 0.00590. The topological polar surface area (TPSA) is 87.7 Å². The highest BCUT2D eigenvalue weighted by atomic mass is 35.5. The highest BCUT2D eigenvalue weighted by molar-refractivity contribution is 6.38. The number of rotatable bonds is 4. The first kappa shape index (κ1) is 22.5. The van der Waals surface area contributed by atoms with E-state index in [9.17, 15) is 14.4 Å². The fourth-order valence-corrected chi connectivity index (χ4v) is 4.47. The lowest BCUT2D eigenvalue weighted by Crippen LogP contribution is -2.38. The second kappa shape index (κ2) is 7.99. The van der Waals surface area contributed by atoms with Crippen molar-refractivity contribution in [2.45, 2.75) is 18.3 Å². The molecule has 2 aromatic carbocycles. The molecule has 2 N–H and O–H groups in total. The maximum atomic E-state index is 12.3.